The van der Waals surface area contributed by atoms with Crippen molar-refractivity contribution in [3.63, 3.8) is 0 Å². The van der Waals surface area contributed by atoms with Crippen LogP contribution in [0, 0.1) is 0 Å². The van der Waals surface area contributed by atoms with Crippen LogP contribution in [0.2, 0.25) is 10.2 Å². The average Bonchev–Trinajstić information content (AvgIpc) is 2.40. The molecular weight excluding hydrogens is 303 g/mol. The second-order valence-corrected chi connectivity index (χ2v) is 4.58. The summed E-state index contributed by atoms with van der Waals surface area (Å²) in [6, 6.07) is 7.16. The number of nitrogens with zero attached hydrogens (tertiary/aromatic N) is 1. The summed E-state index contributed by atoms with van der Waals surface area (Å²) < 4.78 is 0. The van der Waals surface area contributed by atoms with Gasteiger partial charge in [0.1, 0.15) is 5.15 Å². The molecule has 0 bridgehead atoms. The van der Waals surface area contributed by atoms with Gasteiger partial charge in [0, 0.05) is 11.8 Å². The van der Waals surface area contributed by atoms with Gasteiger partial charge in [-0.1, -0.05) is 29.3 Å². The van der Waals surface area contributed by atoms with Crippen LogP contribution in [0.3, 0.4) is 0 Å². The first-order chi connectivity index (χ1) is 9.49. The lowest BCUT2D eigenvalue weighted by molar-refractivity contribution is 0.0698. The summed E-state index contributed by atoms with van der Waals surface area (Å²) in [4.78, 5) is 26.9. The number of carboxylic acid groups (broad SMARTS) is 1. The van der Waals surface area contributed by atoms with Gasteiger partial charge in [0.15, 0.2) is 0 Å². The number of pyridine rings is 1. The first-order valence-corrected chi connectivity index (χ1v) is 6.19. The Balaban J connectivity index is 2.35. The number of aromatic carboxylic acids is 1. The third-order valence-electron chi connectivity index (χ3n) is 2.47. The van der Waals surface area contributed by atoms with E-state index in [1.54, 1.807) is 0 Å². The molecule has 0 aliphatic heterocycles. The minimum Gasteiger partial charge on any atom is -0.478 e. The van der Waals surface area contributed by atoms with E-state index in [-0.39, 0.29) is 27.0 Å². The Morgan fingerprint density at radius 3 is 2.60 bits per heavy atom. The molecule has 20 heavy (non-hydrogen) atoms. The molecular formula is C13H8Cl2N2O3. The van der Waals surface area contributed by atoms with E-state index in [2.05, 4.69) is 10.3 Å². The zero-order valence-corrected chi connectivity index (χ0v) is 11.4. The quantitative estimate of drug-likeness (QED) is 0.852. The molecule has 0 fully saturated rings. The van der Waals surface area contributed by atoms with Crippen molar-refractivity contribution < 1.29 is 14.7 Å². The monoisotopic (exact) mass is 310 g/mol. The molecule has 0 radical (unpaired) electrons. The van der Waals surface area contributed by atoms with Gasteiger partial charge in [0.25, 0.3) is 5.91 Å². The molecule has 1 aromatic heterocycles. The molecule has 5 nitrogen and oxygen atoms in total. The van der Waals surface area contributed by atoms with E-state index in [4.69, 9.17) is 28.3 Å². The van der Waals surface area contributed by atoms with Gasteiger partial charge >= 0.3 is 5.97 Å². The normalized spacial score (nSPS) is 10.1. The molecule has 1 heterocycles. The smallest absolute Gasteiger partial charge is 0.337 e. The van der Waals surface area contributed by atoms with Crippen LogP contribution in [-0.2, 0) is 0 Å². The first-order valence-electron chi connectivity index (χ1n) is 5.44. The molecule has 0 aliphatic carbocycles. The second kappa shape index (κ2) is 5.90. The number of para-hydroxylation sites is 1. The maximum absolute atomic E-state index is 12.0. The van der Waals surface area contributed by atoms with Gasteiger partial charge in [-0.25, -0.2) is 9.78 Å². The summed E-state index contributed by atoms with van der Waals surface area (Å²) in [7, 11) is 0. The van der Waals surface area contributed by atoms with Crippen LogP contribution >= 0.6 is 23.2 Å². The van der Waals surface area contributed by atoms with E-state index in [9.17, 15) is 9.59 Å². The SMILES string of the molecule is O=C(Nc1c(Cl)cccc1C(=O)O)c1ccnc(Cl)c1. The van der Waals surface area contributed by atoms with Gasteiger partial charge in [0.05, 0.1) is 16.3 Å². The molecule has 0 spiro atoms. The van der Waals surface area contributed by atoms with E-state index in [0.29, 0.717) is 0 Å². The van der Waals surface area contributed by atoms with Gasteiger partial charge < -0.3 is 10.4 Å². The van der Waals surface area contributed by atoms with Crippen molar-refractivity contribution in [3.8, 4) is 0 Å². The average molecular weight is 311 g/mol. The molecule has 2 N–H and O–H groups in total. The van der Waals surface area contributed by atoms with Crippen molar-refractivity contribution in [2.24, 2.45) is 0 Å². The predicted octanol–water partition coefficient (Wildman–Crippen LogP) is 3.34. The minimum atomic E-state index is -1.18. The van der Waals surface area contributed by atoms with E-state index in [0.717, 1.165) is 0 Å². The lowest BCUT2D eigenvalue weighted by Crippen LogP contribution is -2.15. The van der Waals surface area contributed by atoms with E-state index < -0.39 is 11.9 Å². The Bertz CT molecular complexity index is 689. The van der Waals surface area contributed by atoms with Crippen LogP contribution in [0.25, 0.3) is 0 Å². The highest BCUT2D eigenvalue weighted by Gasteiger charge is 2.16. The van der Waals surface area contributed by atoms with Crippen molar-refractivity contribution in [2.45, 2.75) is 0 Å². The number of carbonyl (C=O) groups excluding carboxylic acids is 1. The number of nitrogens with one attached hydrogen (secondary N) is 1. The lowest BCUT2D eigenvalue weighted by atomic mass is 10.1. The summed E-state index contributed by atoms with van der Waals surface area (Å²) >= 11 is 11.6. The number of hydrogen-bond donors (Lipinski definition) is 2. The summed E-state index contributed by atoms with van der Waals surface area (Å²) in [5.74, 6) is -1.71. The fourth-order valence-corrected chi connectivity index (χ4v) is 1.95. The fourth-order valence-electron chi connectivity index (χ4n) is 1.56. The third-order valence-corrected chi connectivity index (χ3v) is 2.99. The Morgan fingerprint density at radius 2 is 1.95 bits per heavy atom. The van der Waals surface area contributed by atoms with Gasteiger partial charge in [-0.05, 0) is 24.3 Å². The molecule has 0 aliphatic rings. The van der Waals surface area contributed by atoms with Crippen LogP contribution in [0.4, 0.5) is 5.69 Å². The number of amides is 1. The highest BCUT2D eigenvalue weighted by molar-refractivity contribution is 6.35. The van der Waals surface area contributed by atoms with E-state index >= 15 is 0 Å². The number of hydrogen-bond acceptors (Lipinski definition) is 3. The molecule has 0 unspecified atom stereocenters. The van der Waals surface area contributed by atoms with Gasteiger partial charge in [0.2, 0.25) is 0 Å². The number of aromatic nitrogens is 1. The molecule has 0 saturated heterocycles. The van der Waals surface area contributed by atoms with Crippen LogP contribution < -0.4 is 5.32 Å². The summed E-state index contributed by atoms with van der Waals surface area (Å²) in [6.07, 6.45) is 1.38. The van der Waals surface area contributed by atoms with Gasteiger partial charge in [-0.15, -0.1) is 0 Å². The van der Waals surface area contributed by atoms with Crippen LogP contribution in [0.15, 0.2) is 36.5 Å². The standard InChI is InChI=1S/C13H8Cl2N2O3/c14-9-3-1-2-8(13(19)20)11(9)17-12(18)7-4-5-16-10(15)6-7/h1-6H,(H,17,18)(H,19,20). The van der Waals surface area contributed by atoms with Crippen LogP contribution in [0.5, 0.6) is 0 Å². The highest BCUT2D eigenvalue weighted by Crippen LogP contribution is 2.26. The first kappa shape index (κ1) is 14.3. The van der Waals surface area contributed by atoms with Gasteiger partial charge in [-0.3, -0.25) is 4.79 Å². The zero-order chi connectivity index (χ0) is 14.7. The lowest BCUT2D eigenvalue weighted by Gasteiger charge is -2.10. The topological polar surface area (TPSA) is 79.3 Å². The molecule has 0 saturated carbocycles. The number of anilines is 1. The minimum absolute atomic E-state index is 0.0413. The largest absolute Gasteiger partial charge is 0.478 e. The Morgan fingerprint density at radius 1 is 1.20 bits per heavy atom. The van der Waals surface area contributed by atoms with Gasteiger partial charge in [-0.2, -0.15) is 0 Å². The Labute approximate surface area is 124 Å². The molecule has 2 aromatic rings. The molecule has 7 heteroatoms. The summed E-state index contributed by atoms with van der Waals surface area (Å²) in [5.41, 5.74) is 0.201. The maximum atomic E-state index is 12.0. The summed E-state index contributed by atoms with van der Waals surface area (Å²) in [6.45, 7) is 0. The van der Waals surface area contributed by atoms with Crippen LogP contribution in [-0.4, -0.2) is 22.0 Å². The highest BCUT2D eigenvalue weighted by atomic mass is 35.5. The molecule has 0 atom stereocenters. The maximum Gasteiger partial charge on any atom is 0.337 e. The Kier molecular flexibility index (Phi) is 4.22. The third kappa shape index (κ3) is 3.07. The van der Waals surface area contributed by atoms with Crippen molar-refractivity contribution in [1.82, 2.24) is 4.98 Å². The number of halogens is 2. The number of carboxylic acids is 1. The van der Waals surface area contributed by atoms with Crippen molar-refractivity contribution in [3.05, 3.63) is 57.8 Å². The molecule has 102 valence electrons. The van der Waals surface area contributed by atoms with Crippen molar-refractivity contribution in [2.75, 3.05) is 5.32 Å². The zero-order valence-electron chi connectivity index (χ0n) is 9.93. The summed E-state index contributed by atoms with van der Waals surface area (Å²) in [5, 5.41) is 11.8. The Hall–Kier alpha value is -2.11. The number of carbonyl (C=O) groups is 2. The number of rotatable bonds is 3. The number of benzene rings is 1. The van der Waals surface area contributed by atoms with Crippen molar-refractivity contribution in [1.29, 1.82) is 0 Å². The molecule has 1 aromatic carbocycles. The van der Waals surface area contributed by atoms with E-state index in [1.807, 2.05) is 0 Å². The van der Waals surface area contributed by atoms with Crippen LogP contribution in [0.1, 0.15) is 20.7 Å². The molecule has 2 rings (SSSR count). The van der Waals surface area contributed by atoms with E-state index in [1.165, 1.54) is 36.5 Å². The predicted molar refractivity (Wildman–Crippen MR) is 75.6 cm³/mol. The molecule has 1 amide bonds. The fraction of sp³-hybridized carbons (Fsp3) is 0. The second-order valence-electron chi connectivity index (χ2n) is 3.79. The van der Waals surface area contributed by atoms with Crippen molar-refractivity contribution >= 4 is 40.8 Å².